The van der Waals surface area contributed by atoms with Gasteiger partial charge < -0.3 is 20.4 Å². The van der Waals surface area contributed by atoms with E-state index in [1.165, 1.54) is 24.8 Å². The Morgan fingerprint density at radius 1 is 0.927 bits per heavy atom. The molecule has 2 saturated heterocycles. The molecule has 0 bridgehead atoms. The molecular formula is C35H46N4O2. The summed E-state index contributed by atoms with van der Waals surface area (Å²) in [5.41, 5.74) is 1.95. The van der Waals surface area contributed by atoms with Crippen LogP contribution in [0.15, 0.2) is 72.8 Å². The van der Waals surface area contributed by atoms with Gasteiger partial charge in [0, 0.05) is 43.7 Å². The Morgan fingerprint density at radius 2 is 1.66 bits per heavy atom. The van der Waals surface area contributed by atoms with E-state index in [1.807, 2.05) is 36.4 Å². The molecule has 3 atom stereocenters. The minimum absolute atomic E-state index is 0.0361. The van der Waals surface area contributed by atoms with Gasteiger partial charge in [-0.2, -0.15) is 0 Å². The molecular weight excluding hydrogens is 508 g/mol. The minimum Gasteiger partial charge on any atom is -0.350 e. The maximum atomic E-state index is 14.0. The van der Waals surface area contributed by atoms with E-state index in [2.05, 4.69) is 70.7 Å². The van der Waals surface area contributed by atoms with Crippen molar-refractivity contribution in [3.8, 4) is 0 Å². The largest absolute Gasteiger partial charge is 0.350 e. The second-order valence-corrected chi connectivity index (χ2v) is 12.2. The van der Waals surface area contributed by atoms with Crippen molar-refractivity contribution in [1.29, 1.82) is 0 Å². The highest BCUT2D eigenvalue weighted by Gasteiger charge is 2.33. The van der Waals surface area contributed by atoms with Crippen LogP contribution < -0.4 is 10.6 Å². The van der Waals surface area contributed by atoms with Crippen molar-refractivity contribution in [2.75, 3.05) is 39.3 Å². The molecule has 3 aromatic carbocycles. The van der Waals surface area contributed by atoms with Crippen molar-refractivity contribution < 1.29 is 9.59 Å². The van der Waals surface area contributed by atoms with E-state index in [1.54, 1.807) is 0 Å². The van der Waals surface area contributed by atoms with E-state index in [0.717, 1.165) is 49.8 Å². The van der Waals surface area contributed by atoms with E-state index in [0.29, 0.717) is 24.6 Å². The molecule has 0 saturated carbocycles. The second-order valence-electron chi connectivity index (χ2n) is 12.2. The molecule has 2 heterocycles. The molecule has 2 fully saturated rings. The van der Waals surface area contributed by atoms with Gasteiger partial charge in [0.15, 0.2) is 0 Å². The number of hydrogen-bond donors (Lipinski definition) is 2. The first-order valence-electron chi connectivity index (χ1n) is 15.6. The third-order valence-corrected chi connectivity index (χ3v) is 8.95. The van der Waals surface area contributed by atoms with Gasteiger partial charge in [0.05, 0.1) is 6.04 Å². The van der Waals surface area contributed by atoms with E-state index in [9.17, 15) is 9.59 Å². The van der Waals surface area contributed by atoms with E-state index in [4.69, 9.17) is 0 Å². The van der Waals surface area contributed by atoms with Crippen LogP contribution in [0, 0.1) is 5.92 Å². The van der Waals surface area contributed by atoms with Crippen molar-refractivity contribution in [2.45, 2.75) is 64.0 Å². The fourth-order valence-electron chi connectivity index (χ4n) is 6.41. The predicted octanol–water partition coefficient (Wildman–Crippen LogP) is 5.44. The van der Waals surface area contributed by atoms with Crippen molar-refractivity contribution >= 4 is 22.6 Å². The fourth-order valence-corrected chi connectivity index (χ4v) is 6.41. The molecule has 3 aromatic rings. The number of carbonyl (C=O) groups is 2. The summed E-state index contributed by atoms with van der Waals surface area (Å²) in [4.78, 5) is 31.7. The van der Waals surface area contributed by atoms with Gasteiger partial charge in [-0.1, -0.05) is 80.9 Å². The lowest BCUT2D eigenvalue weighted by atomic mass is 9.87. The number of fused-ring (bicyclic) bond motifs is 1. The van der Waals surface area contributed by atoms with Crippen LogP contribution in [-0.2, 0) is 4.79 Å². The summed E-state index contributed by atoms with van der Waals surface area (Å²) in [6.45, 7) is 9.59. The van der Waals surface area contributed by atoms with Crippen LogP contribution in [0.1, 0.15) is 67.8 Å². The number of amides is 2. The number of hydrogen-bond acceptors (Lipinski definition) is 4. The molecule has 0 spiro atoms. The summed E-state index contributed by atoms with van der Waals surface area (Å²) in [5.74, 6) is 0.836. The lowest BCUT2D eigenvalue weighted by Crippen LogP contribution is -2.50. The summed E-state index contributed by atoms with van der Waals surface area (Å²) in [6, 6.07) is 24.3. The third kappa shape index (κ3) is 7.75. The standard InChI is InChI=1S/C35H46N4O2/c1-26(2)32(28-12-5-3-6-13-28)25-39-22-17-31(37-33(35(39)41)18-21-38-19-9-4-10-20-38)24-36-34(40)30-16-15-27-11-7-8-14-29(27)23-30/h3,5-8,11-16,23,26,31-33,37H,4,9-10,17-22,24-25H2,1-2H3,(H,36,40)/t31-,32-,33-/m0/s1. The van der Waals surface area contributed by atoms with Crippen molar-refractivity contribution in [1.82, 2.24) is 20.4 Å². The van der Waals surface area contributed by atoms with E-state index in [-0.39, 0.29) is 29.8 Å². The highest BCUT2D eigenvalue weighted by atomic mass is 16.2. The molecule has 218 valence electrons. The number of nitrogens with one attached hydrogen (secondary N) is 2. The molecule has 2 aliphatic heterocycles. The highest BCUT2D eigenvalue weighted by Crippen LogP contribution is 2.27. The highest BCUT2D eigenvalue weighted by molar-refractivity contribution is 5.98. The first-order valence-corrected chi connectivity index (χ1v) is 15.6. The first kappa shape index (κ1) is 29.3. The Morgan fingerprint density at radius 3 is 2.41 bits per heavy atom. The first-order chi connectivity index (χ1) is 20.0. The van der Waals surface area contributed by atoms with Crippen LogP contribution in [0.4, 0.5) is 0 Å². The normalized spacial score (nSPS) is 21.1. The predicted molar refractivity (Wildman–Crippen MR) is 167 cm³/mol. The number of piperidine rings is 1. The lowest BCUT2D eigenvalue weighted by Gasteiger charge is -2.32. The van der Waals surface area contributed by atoms with Crippen LogP contribution in [-0.4, -0.2) is 73.0 Å². The van der Waals surface area contributed by atoms with Gasteiger partial charge in [-0.3, -0.25) is 9.59 Å². The monoisotopic (exact) mass is 554 g/mol. The Bertz CT molecular complexity index is 1290. The molecule has 2 amide bonds. The van der Waals surface area contributed by atoms with Gasteiger partial charge in [0.25, 0.3) is 5.91 Å². The molecule has 0 radical (unpaired) electrons. The topological polar surface area (TPSA) is 64.7 Å². The quantitative estimate of drug-likeness (QED) is 0.350. The maximum absolute atomic E-state index is 14.0. The van der Waals surface area contributed by atoms with Crippen LogP contribution in [0.5, 0.6) is 0 Å². The van der Waals surface area contributed by atoms with Gasteiger partial charge in [-0.05, 0) is 73.2 Å². The molecule has 2 N–H and O–H groups in total. The lowest BCUT2D eigenvalue weighted by molar-refractivity contribution is -0.133. The zero-order valence-electron chi connectivity index (χ0n) is 24.7. The zero-order valence-corrected chi connectivity index (χ0v) is 24.7. The Hall–Kier alpha value is -3.22. The third-order valence-electron chi connectivity index (χ3n) is 8.95. The van der Waals surface area contributed by atoms with E-state index >= 15 is 0 Å². The Labute approximate surface area is 245 Å². The van der Waals surface area contributed by atoms with Gasteiger partial charge in [-0.15, -0.1) is 0 Å². The zero-order chi connectivity index (χ0) is 28.6. The van der Waals surface area contributed by atoms with Crippen molar-refractivity contribution in [2.24, 2.45) is 5.92 Å². The molecule has 6 nitrogen and oxygen atoms in total. The fraction of sp³-hybridized carbons (Fsp3) is 0.486. The second kappa shape index (κ2) is 14.1. The number of likely N-dealkylation sites (tertiary alicyclic amines) is 1. The van der Waals surface area contributed by atoms with Crippen LogP contribution in [0.25, 0.3) is 10.8 Å². The molecule has 2 aliphatic rings. The molecule has 0 unspecified atom stereocenters. The molecule has 0 aromatic heterocycles. The summed E-state index contributed by atoms with van der Waals surface area (Å²) < 4.78 is 0. The van der Waals surface area contributed by atoms with Gasteiger partial charge >= 0.3 is 0 Å². The minimum atomic E-state index is -0.245. The number of carbonyl (C=O) groups excluding carboxylic acids is 2. The van der Waals surface area contributed by atoms with Crippen molar-refractivity contribution in [3.63, 3.8) is 0 Å². The summed E-state index contributed by atoms with van der Waals surface area (Å²) in [5, 5.41) is 9.03. The maximum Gasteiger partial charge on any atom is 0.251 e. The average molecular weight is 555 g/mol. The number of nitrogens with zero attached hydrogens (tertiary/aromatic N) is 2. The summed E-state index contributed by atoms with van der Waals surface area (Å²) in [7, 11) is 0. The van der Waals surface area contributed by atoms with Gasteiger partial charge in [0.2, 0.25) is 5.91 Å². The van der Waals surface area contributed by atoms with Crippen molar-refractivity contribution in [3.05, 3.63) is 83.9 Å². The summed E-state index contributed by atoms with van der Waals surface area (Å²) >= 11 is 0. The smallest absolute Gasteiger partial charge is 0.251 e. The Kier molecular flexibility index (Phi) is 10.1. The average Bonchev–Trinajstić information content (AvgIpc) is 3.16. The van der Waals surface area contributed by atoms with Crippen LogP contribution >= 0.6 is 0 Å². The number of rotatable bonds is 10. The van der Waals surface area contributed by atoms with Gasteiger partial charge in [-0.25, -0.2) is 0 Å². The van der Waals surface area contributed by atoms with Gasteiger partial charge in [0.1, 0.15) is 0 Å². The molecule has 5 rings (SSSR count). The van der Waals surface area contributed by atoms with E-state index < -0.39 is 0 Å². The SMILES string of the molecule is CC(C)[C@H](CN1CC[C@@H](CNC(=O)c2ccc3ccccc3c2)N[C@@H](CCN2CCCCC2)C1=O)c1ccccc1. The Balaban J connectivity index is 1.27. The summed E-state index contributed by atoms with van der Waals surface area (Å²) in [6.07, 6.45) is 5.40. The molecule has 41 heavy (non-hydrogen) atoms. The van der Waals surface area contributed by atoms with Crippen LogP contribution in [0.2, 0.25) is 0 Å². The molecule has 6 heteroatoms. The molecule has 0 aliphatic carbocycles. The number of benzene rings is 3. The van der Waals surface area contributed by atoms with Crippen LogP contribution in [0.3, 0.4) is 0 Å².